The minimum Gasteiger partial charge on any atom is -0.321 e. The highest BCUT2D eigenvalue weighted by molar-refractivity contribution is 6.95. The van der Waals surface area contributed by atoms with Crippen LogP contribution in [0.5, 0.6) is 0 Å². The molecule has 0 saturated heterocycles. The molecule has 0 fully saturated rings. The highest BCUT2D eigenvalue weighted by atomic mass is 28.4. The molecule has 2 heterocycles. The third-order valence-corrected chi connectivity index (χ3v) is 10.4. The van der Waals surface area contributed by atoms with E-state index in [2.05, 4.69) is 164 Å². The first-order valence-electron chi connectivity index (χ1n) is 11.1. The van der Waals surface area contributed by atoms with Crippen molar-refractivity contribution >= 4 is 31.5 Å². The standard InChI is InChI=1S/C28H24N4Si/c1-5-13-25(14-6-1)29-21-22-30(26-15-7-2-8-16-26)33(29)31(27-17-9-3-10-18-27)23-24-32(33)28-19-11-4-12-20-28/h1-24H. The Balaban J connectivity index is 1.62. The summed E-state index contributed by atoms with van der Waals surface area (Å²) in [6.07, 6.45) is 8.92. The average molecular weight is 445 g/mol. The molecular weight excluding hydrogens is 420 g/mol. The Morgan fingerprint density at radius 1 is 0.303 bits per heavy atom. The van der Waals surface area contributed by atoms with Gasteiger partial charge in [-0.1, -0.05) is 72.8 Å². The van der Waals surface area contributed by atoms with Crippen LogP contribution in [0.2, 0.25) is 0 Å². The lowest BCUT2D eigenvalue weighted by Crippen LogP contribution is -2.76. The van der Waals surface area contributed by atoms with E-state index in [4.69, 9.17) is 0 Å². The van der Waals surface area contributed by atoms with Gasteiger partial charge in [0, 0.05) is 47.5 Å². The Hall–Kier alpha value is -4.22. The maximum Gasteiger partial charge on any atom is 0.519 e. The van der Waals surface area contributed by atoms with E-state index < -0.39 is 8.72 Å². The molecule has 0 atom stereocenters. The highest BCUT2D eigenvalue weighted by Gasteiger charge is 2.63. The Kier molecular flexibility index (Phi) is 4.74. The normalized spacial score (nSPS) is 16.2. The molecule has 0 unspecified atom stereocenters. The van der Waals surface area contributed by atoms with Gasteiger partial charge in [0.15, 0.2) is 0 Å². The minimum atomic E-state index is -2.84. The summed E-state index contributed by atoms with van der Waals surface area (Å²) < 4.78 is 9.89. The molecule has 0 bridgehead atoms. The third-order valence-electron chi connectivity index (χ3n) is 6.16. The third kappa shape index (κ3) is 3.05. The SMILES string of the molecule is C1=CN(c2ccccc2)[Si]2(N1c1ccccc1)N(c1ccccc1)C=CN2c1ccccc1. The predicted molar refractivity (Wildman–Crippen MR) is 140 cm³/mol. The lowest BCUT2D eigenvalue weighted by Gasteiger charge is -2.49. The van der Waals surface area contributed by atoms with E-state index in [1.165, 1.54) is 22.7 Å². The summed E-state index contributed by atoms with van der Waals surface area (Å²) in [5.41, 5.74) is 4.68. The van der Waals surface area contributed by atoms with Crippen molar-refractivity contribution in [1.29, 1.82) is 0 Å². The van der Waals surface area contributed by atoms with E-state index >= 15 is 0 Å². The summed E-state index contributed by atoms with van der Waals surface area (Å²) in [4.78, 5) is 0. The Morgan fingerprint density at radius 3 is 0.727 bits per heavy atom. The summed E-state index contributed by atoms with van der Waals surface area (Å²) in [6.45, 7) is 0. The molecule has 0 aromatic heterocycles. The molecule has 0 saturated carbocycles. The zero-order valence-corrected chi connectivity index (χ0v) is 19.1. The van der Waals surface area contributed by atoms with Crippen LogP contribution in [0, 0.1) is 0 Å². The van der Waals surface area contributed by atoms with E-state index in [9.17, 15) is 0 Å². The molecular formula is C28H24N4Si. The van der Waals surface area contributed by atoms with Crippen LogP contribution in [0.15, 0.2) is 146 Å². The minimum absolute atomic E-state index is 1.17. The molecule has 1 spiro atoms. The van der Waals surface area contributed by atoms with Gasteiger partial charge in [-0.2, -0.15) is 0 Å². The number of nitrogens with zero attached hydrogens (tertiary/aromatic N) is 4. The molecule has 2 aliphatic heterocycles. The molecule has 0 aliphatic carbocycles. The van der Waals surface area contributed by atoms with Crippen LogP contribution in [-0.2, 0) is 0 Å². The van der Waals surface area contributed by atoms with E-state index in [1.54, 1.807) is 0 Å². The number of anilines is 4. The van der Waals surface area contributed by atoms with E-state index in [-0.39, 0.29) is 0 Å². The lowest BCUT2D eigenvalue weighted by molar-refractivity contribution is 1.16. The smallest absolute Gasteiger partial charge is 0.321 e. The molecule has 5 heteroatoms. The van der Waals surface area contributed by atoms with Crippen molar-refractivity contribution in [2.45, 2.75) is 0 Å². The van der Waals surface area contributed by atoms with Crippen LogP contribution >= 0.6 is 0 Å². The van der Waals surface area contributed by atoms with E-state index in [0.29, 0.717) is 0 Å². The second kappa shape index (κ2) is 8.04. The number of hydrogen-bond acceptors (Lipinski definition) is 4. The molecule has 160 valence electrons. The quantitative estimate of drug-likeness (QED) is 0.337. The maximum atomic E-state index is 2.47. The van der Waals surface area contributed by atoms with Crippen molar-refractivity contribution in [1.82, 2.24) is 0 Å². The molecule has 0 radical (unpaired) electrons. The highest BCUT2D eigenvalue weighted by Crippen LogP contribution is 2.44. The summed E-state index contributed by atoms with van der Waals surface area (Å²) in [5, 5.41) is 0. The van der Waals surface area contributed by atoms with Gasteiger partial charge in [-0.05, 0) is 48.5 Å². The van der Waals surface area contributed by atoms with Crippen molar-refractivity contribution in [3.05, 3.63) is 146 Å². The van der Waals surface area contributed by atoms with Crippen molar-refractivity contribution in [3.8, 4) is 0 Å². The fraction of sp³-hybridized carbons (Fsp3) is 0. The molecule has 4 nitrogen and oxygen atoms in total. The predicted octanol–water partition coefficient (Wildman–Crippen LogP) is 6.42. The molecule has 6 rings (SSSR count). The summed E-state index contributed by atoms with van der Waals surface area (Å²) >= 11 is 0. The van der Waals surface area contributed by atoms with Crippen LogP contribution in [0.4, 0.5) is 22.7 Å². The zero-order chi connectivity index (χ0) is 22.1. The molecule has 4 aromatic carbocycles. The van der Waals surface area contributed by atoms with Crippen molar-refractivity contribution < 1.29 is 0 Å². The first kappa shape index (κ1) is 19.5. The fourth-order valence-corrected chi connectivity index (χ4v) is 9.20. The van der Waals surface area contributed by atoms with Gasteiger partial charge in [0.1, 0.15) is 0 Å². The largest absolute Gasteiger partial charge is 0.519 e. The van der Waals surface area contributed by atoms with Crippen LogP contribution in [0.25, 0.3) is 0 Å². The van der Waals surface area contributed by atoms with Gasteiger partial charge in [0.05, 0.1) is 0 Å². The number of hydrogen-bond donors (Lipinski definition) is 0. The summed E-state index contributed by atoms with van der Waals surface area (Å²) in [7, 11) is -2.84. The topological polar surface area (TPSA) is 13.0 Å². The van der Waals surface area contributed by atoms with E-state index in [0.717, 1.165) is 0 Å². The van der Waals surface area contributed by atoms with Gasteiger partial charge in [0.25, 0.3) is 0 Å². The molecule has 4 aromatic rings. The Labute approximate surface area is 195 Å². The number of rotatable bonds is 4. The van der Waals surface area contributed by atoms with Gasteiger partial charge in [0.2, 0.25) is 0 Å². The van der Waals surface area contributed by atoms with Crippen molar-refractivity contribution in [2.75, 3.05) is 18.3 Å². The first-order chi connectivity index (χ1) is 16.4. The maximum absolute atomic E-state index is 2.84. The van der Waals surface area contributed by atoms with Crippen LogP contribution in [-0.4, -0.2) is 8.72 Å². The van der Waals surface area contributed by atoms with Crippen LogP contribution in [0.3, 0.4) is 0 Å². The van der Waals surface area contributed by atoms with Crippen molar-refractivity contribution in [2.24, 2.45) is 0 Å². The van der Waals surface area contributed by atoms with Crippen LogP contribution in [0.1, 0.15) is 0 Å². The average Bonchev–Trinajstić information content (AvgIpc) is 3.48. The zero-order valence-electron chi connectivity index (χ0n) is 18.1. The van der Waals surface area contributed by atoms with E-state index in [1.807, 2.05) is 0 Å². The fourth-order valence-electron chi connectivity index (χ4n) is 4.75. The molecule has 2 aliphatic rings. The van der Waals surface area contributed by atoms with Crippen molar-refractivity contribution in [3.63, 3.8) is 0 Å². The van der Waals surface area contributed by atoms with Crippen LogP contribution < -0.4 is 18.3 Å². The van der Waals surface area contributed by atoms with Gasteiger partial charge in [-0.25, -0.2) is 0 Å². The Bertz CT molecular complexity index is 1070. The number of para-hydroxylation sites is 4. The second-order valence-corrected chi connectivity index (χ2v) is 11.1. The Morgan fingerprint density at radius 2 is 0.515 bits per heavy atom. The van der Waals surface area contributed by atoms with Gasteiger partial charge < -0.3 is 18.3 Å². The summed E-state index contributed by atoms with van der Waals surface area (Å²) in [6, 6.07) is 42.7. The van der Waals surface area contributed by atoms with Gasteiger partial charge in [-0.3, -0.25) is 0 Å². The van der Waals surface area contributed by atoms with Gasteiger partial charge >= 0.3 is 8.72 Å². The monoisotopic (exact) mass is 444 g/mol. The first-order valence-corrected chi connectivity index (χ1v) is 12.9. The lowest BCUT2D eigenvalue weighted by atomic mass is 10.3. The second-order valence-electron chi connectivity index (χ2n) is 8.02. The van der Waals surface area contributed by atoms with Gasteiger partial charge in [-0.15, -0.1) is 0 Å². The molecule has 0 amide bonds. The number of benzene rings is 4. The molecule has 33 heavy (non-hydrogen) atoms. The summed E-state index contributed by atoms with van der Waals surface area (Å²) in [5.74, 6) is 0. The molecule has 0 N–H and O–H groups in total.